The number of rotatable bonds is 8. The van der Waals surface area contributed by atoms with E-state index < -0.39 is 27.5 Å². The van der Waals surface area contributed by atoms with Crippen LogP contribution >= 0.6 is 0 Å². The van der Waals surface area contributed by atoms with Gasteiger partial charge in [-0.3, -0.25) is 4.79 Å². The van der Waals surface area contributed by atoms with Crippen LogP contribution in [0, 0.1) is 16.7 Å². The fourth-order valence-electron chi connectivity index (χ4n) is 6.72. The van der Waals surface area contributed by atoms with E-state index in [1.165, 1.54) is 56.8 Å². The quantitative estimate of drug-likeness (QED) is 0.381. The highest BCUT2D eigenvalue weighted by atomic mass is 32.2. The fraction of sp³-hybridized carbons (Fsp3) is 0.394. The highest BCUT2D eigenvalue weighted by Crippen LogP contribution is 2.50. The number of likely N-dealkylation sites (tertiary alicyclic amines) is 2. The number of anilines is 1. The Labute approximate surface area is 273 Å². The van der Waals surface area contributed by atoms with Gasteiger partial charge in [0.1, 0.15) is 16.4 Å². The number of nitriles is 1. The van der Waals surface area contributed by atoms with Gasteiger partial charge in [0.2, 0.25) is 5.88 Å². The van der Waals surface area contributed by atoms with Gasteiger partial charge in [-0.25, -0.2) is 18.2 Å². The lowest BCUT2D eigenvalue weighted by atomic mass is 9.72. The molecule has 1 spiro atoms. The average Bonchev–Trinajstić information content (AvgIpc) is 3.31. The number of nitrogens with one attached hydrogen (secondary N) is 1. The van der Waals surface area contributed by atoms with Gasteiger partial charge in [0.15, 0.2) is 5.54 Å². The molecule has 14 heteroatoms. The largest absolute Gasteiger partial charge is 0.497 e. The second-order valence-electron chi connectivity index (χ2n) is 12.1. The normalized spacial score (nSPS) is 20.3. The van der Waals surface area contributed by atoms with Gasteiger partial charge in [0.25, 0.3) is 15.9 Å². The zero-order valence-electron chi connectivity index (χ0n) is 26.6. The van der Waals surface area contributed by atoms with Crippen molar-refractivity contribution in [3.8, 4) is 23.4 Å². The van der Waals surface area contributed by atoms with E-state index in [0.717, 1.165) is 25.9 Å². The highest BCUT2D eigenvalue weighted by molar-refractivity contribution is 7.93. The standard InChI is InChI=1S/C33H36N6O7S/c1-5-46-29-24(7-6-14-35-29)33(36-31(41)38-20-32(21-38)12-15-37(2)16-13-32)25-17-22(19-34)8-10-26(25)39(30(33)40)47(42,43)28-11-9-23(44-3)18-27(28)45-4/h6-11,14,17-18H,5,12-13,15-16,20-21H2,1-4H3,(H,36,41). The monoisotopic (exact) mass is 660 g/mol. The summed E-state index contributed by atoms with van der Waals surface area (Å²) in [5, 5.41) is 12.8. The molecule has 2 saturated heterocycles. The summed E-state index contributed by atoms with van der Waals surface area (Å²) in [7, 11) is 0.140. The number of nitrogens with zero attached hydrogens (tertiary/aromatic N) is 5. The van der Waals surface area contributed by atoms with E-state index in [0.29, 0.717) is 23.1 Å². The number of methoxy groups -OCH3 is 2. The Kier molecular flexibility index (Phi) is 8.23. The van der Waals surface area contributed by atoms with Gasteiger partial charge in [-0.05, 0) is 82.4 Å². The van der Waals surface area contributed by atoms with Gasteiger partial charge in [-0.2, -0.15) is 9.57 Å². The van der Waals surface area contributed by atoms with Crippen LogP contribution in [0.2, 0.25) is 0 Å². The minimum Gasteiger partial charge on any atom is -0.497 e. The molecule has 246 valence electrons. The first kappa shape index (κ1) is 32.1. The van der Waals surface area contributed by atoms with Crippen molar-refractivity contribution in [2.75, 3.05) is 58.4 Å². The van der Waals surface area contributed by atoms with E-state index in [4.69, 9.17) is 14.2 Å². The lowest BCUT2D eigenvalue weighted by molar-refractivity contribution is -0.121. The molecule has 2 fully saturated rings. The molecular weight excluding hydrogens is 624 g/mol. The van der Waals surface area contributed by atoms with Crippen molar-refractivity contribution in [3.05, 3.63) is 71.4 Å². The molecule has 0 saturated carbocycles. The summed E-state index contributed by atoms with van der Waals surface area (Å²) in [6, 6.07) is 13.0. The second kappa shape index (κ2) is 12.1. The van der Waals surface area contributed by atoms with Crippen molar-refractivity contribution in [2.24, 2.45) is 5.41 Å². The van der Waals surface area contributed by atoms with E-state index in [9.17, 15) is 18.5 Å². The molecule has 0 aliphatic carbocycles. The van der Waals surface area contributed by atoms with Crippen LogP contribution in [0.3, 0.4) is 0 Å². The number of ether oxygens (including phenoxy) is 3. The van der Waals surface area contributed by atoms with Crippen LogP contribution in [0.1, 0.15) is 36.5 Å². The van der Waals surface area contributed by atoms with Crippen molar-refractivity contribution in [1.29, 1.82) is 5.26 Å². The minimum atomic E-state index is -4.68. The summed E-state index contributed by atoms with van der Waals surface area (Å²) in [6.45, 7) is 4.78. The third kappa shape index (κ3) is 5.19. The first-order valence-corrected chi connectivity index (χ1v) is 16.7. The molecule has 1 aromatic heterocycles. The molecule has 3 aromatic rings. The molecule has 3 aliphatic heterocycles. The number of hydrogen-bond acceptors (Lipinski definition) is 10. The number of urea groups is 1. The summed E-state index contributed by atoms with van der Waals surface area (Å²) < 4.78 is 46.2. The number of hydrogen-bond donors (Lipinski definition) is 1. The number of piperidine rings is 1. The summed E-state index contributed by atoms with van der Waals surface area (Å²) in [4.78, 5) is 37.2. The molecule has 0 radical (unpaired) electrons. The van der Waals surface area contributed by atoms with Crippen LogP contribution in [-0.4, -0.2) is 89.2 Å². The summed E-state index contributed by atoms with van der Waals surface area (Å²) >= 11 is 0. The van der Waals surface area contributed by atoms with Crippen LogP contribution in [0.15, 0.2) is 59.6 Å². The van der Waals surface area contributed by atoms with Crippen molar-refractivity contribution >= 4 is 27.6 Å². The van der Waals surface area contributed by atoms with Gasteiger partial charge >= 0.3 is 6.03 Å². The number of pyridine rings is 1. The number of fused-ring (bicyclic) bond motifs is 1. The van der Waals surface area contributed by atoms with E-state index in [-0.39, 0.29) is 50.9 Å². The predicted molar refractivity (Wildman–Crippen MR) is 171 cm³/mol. The number of carbonyl (C=O) groups is 2. The maximum Gasteiger partial charge on any atom is 0.318 e. The van der Waals surface area contributed by atoms with Crippen LogP contribution in [0.4, 0.5) is 10.5 Å². The third-order valence-corrected chi connectivity index (χ3v) is 11.0. The van der Waals surface area contributed by atoms with E-state index in [1.807, 2.05) is 0 Å². The first-order valence-electron chi connectivity index (χ1n) is 15.2. The molecule has 13 nitrogen and oxygen atoms in total. The molecule has 0 bridgehead atoms. The Morgan fingerprint density at radius 1 is 1.06 bits per heavy atom. The van der Waals surface area contributed by atoms with Gasteiger partial charge in [-0.1, -0.05) is 0 Å². The van der Waals surface area contributed by atoms with Crippen molar-refractivity contribution in [3.63, 3.8) is 0 Å². The van der Waals surface area contributed by atoms with E-state index in [1.54, 1.807) is 24.0 Å². The predicted octanol–water partition coefficient (Wildman–Crippen LogP) is 3.09. The maximum atomic E-state index is 15.1. The van der Waals surface area contributed by atoms with Gasteiger partial charge < -0.3 is 29.3 Å². The van der Waals surface area contributed by atoms with Gasteiger partial charge in [0, 0.05) is 36.3 Å². The Balaban J connectivity index is 1.51. The van der Waals surface area contributed by atoms with Gasteiger partial charge in [0.05, 0.1) is 43.7 Å². The zero-order chi connectivity index (χ0) is 33.6. The molecule has 4 heterocycles. The Morgan fingerprint density at radius 3 is 2.47 bits per heavy atom. The molecule has 47 heavy (non-hydrogen) atoms. The molecule has 6 rings (SSSR count). The molecular formula is C33H36N6O7S. The average molecular weight is 661 g/mol. The summed E-state index contributed by atoms with van der Waals surface area (Å²) in [5.74, 6) is -0.650. The molecule has 1 atom stereocenters. The zero-order valence-corrected chi connectivity index (χ0v) is 27.5. The van der Waals surface area contributed by atoms with Crippen molar-refractivity contribution in [1.82, 2.24) is 20.1 Å². The number of aromatic nitrogens is 1. The van der Waals surface area contributed by atoms with Crippen LogP contribution in [-0.2, 0) is 20.4 Å². The first-order chi connectivity index (χ1) is 22.5. The van der Waals surface area contributed by atoms with Crippen LogP contribution in [0.5, 0.6) is 17.4 Å². The molecule has 2 aromatic carbocycles. The van der Waals surface area contributed by atoms with E-state index in [2.05, 4.69) is 28.3 Å². The number of carbonyl (C=O) groups excluding carboxylic acids is 2. The minimum absolute atomic E-state index is 0.00629. The lowest BCUT2D eigenvalue weighted by Gasteiger charge is -2.54. The van der Waals surface area contributed by atoms with Crippen molar-refractivity contribution in [2.45, 2.75) is 30.2 Å². The fourth-order valence-corrected chi connectivity index (χ4v) is 8.32. The number of sulfonamides is 1. The Bertz CT molecular complexity index is 1880. The number of amides is 3. The molecule has 3 amide bonds. The third-order valence-electron chi connectivity index (χ3n) is 9.28. The summed E-state index contributed by atoms with van der Waals surface area (Å²) in [6.07, 6.45) is 3.36. The lowest BCUT2D eigenvalue weighted by Crippen LogP contribution is -2.66. The molecule has 1 N–H and O–H groups in total. The van der Waals surface area contributed by atoms with Gasteiger partial charge in [-0.15, -0.1) is 0 Å². The van der Waals surface area contributed by atoms with Crippen LogP contribution < -0.4 is 23.8 Å². The highest BCUT2D eigenvalue weighted by Gasteiger charge is 2.60. The van der Waals surface area contributed by atoms with Crippen LogP contribution in [0.25, 0.3) is 0 Å². The number of benzene rings is 2. The van der Waals surface area contributed by atoms with E-state index >= 15 is 4.79 Å². The Morgan fingerprint density at radius 2 is 1.81 bits per heavy atom. The second-order valence-corrected chi connectivity index (χ2v) is 13.8. The topological polar surface area (TPSA) is 154 Å². The Hall–Kier alpha value is -4.87. The smallest absolute Gasteiger partial charge is 0.318 e. The summed E-state index contributed by atoms with van der Waals surface area (Å²) in [5.41, 5.74) is -1.78. The molecule has 1 unspecified atom stereocenters. The molecule has 3 aliphatic rings. The maximum absolute atomic E-state index is 15.1. The van der Waals surface area contributed by atoms with Crippen molar-refractivity contribution < 1.29 is 32.2 Å². The SMILES string of the molecule is CCOc1ncccc1C1(NC(=O)N2CC3(CCN(C)CC3)C2)C(=O)N(S(=O)(=O)c2ccc(OC)cc2OC)c2ccc(C#N)cc21.